The quantitative estimate of drug-likeness (QED) is 0.487. The summed E-state index contributed by atoms with van der Waals surface area (Å²) in [7, 11) is 0. The van der Waals surface area contributed by atoms with Crippen molar-refractivity contribution in [2.45, 2.75) is 30.3 Å². The van der Waals surface area contributed by atoms with E-state index in [9.17, 15) is 4.79 Å². The second-order valence-corrected chi connectivity index (χ2v) is 7.12. The number of halogens is 2. The average molecular weight is 443 g/mol. The average Bonchev–Trinajstić information content (AvgIpc) is 3.17. The monoisotopic (exact) mass is 441 g/mol. The molecule has 130 valence electrons. The molecule has 1 aromatic carbocycles. The highest BCUT2D eigenvalue weighted by Gasteiger charge is 2.17. The Hall–Kier alpha value is -1.77. The van der Waals surface area contributed by atoms with Gasteiger partial charge in [-0.05, 0) is 58.9 Å². The fourth-order valence-electron chi connectivity index (χ4n) is 2.08. The number of aldehydes is 1. The number of benzene rings is 1. The third kappa shape index (κ3) is 4.26. The summed E-state index contributed by atoms with van der Waals surface area (Å²) in [6, 6.07) is 8.74. The number of nitrogens with zero attached hydrogens (tertiary/aromatic N) is 3. The molecular weight excluding hydrogens is 430 g/mol. The first-order valence-electron chi connectivity index (χ1n) is 7.33. The maximum absolute atomic E-state index is 10.8. The topological polar surface area (TPSA) is 70.2 Å². The van der Waals surface area contributed by atoms with E-state index in [2.05, 4.69) is 26.1 Å². The SMILES string of the molecule is CCn1c(COc2ccc(Cl)cc2)nnc1Sc1oc(C=O)cc1Br. The Bertz CT molecular complexity index is 879. The number of hydrogen-bond acceptors (Lipinski definition) is 6. The lowest BCUT2D eigenvalue weighted by Crippen LogP contribution is -2.06. The van der Waals surface area contributed by atoms with Gasteiger partial charge < -0.3 is 13.7 Å². The van der Waals surface area contributed by atoms with Crippen LogP contribution in [0.25, 0.3) is 0 Å². The Morgan fingerprint density at radius 1 is 1.36 bits per heavy atom. The normalized spacial score (nSPS) is 10.8. The molecule has 3 rings (SSSR count). The Labute approximate surface area is 161 Å². The van der Waals surface area contributed by atoms with E-state index in [0.717, 1.165) is 0 Å². The van der Waals surface area contributed by atoms with Gasteiger partial charge in [-0.15, -0.1) is 10.2 Å². The highest BCUT2D eigenvalue weighted by atomic mass is 79.9. The summed E-state index contributed by atoms with van der Waals surface area (Å²) >= 11 is 10.5. The number of hydrogen-bond donors (Lipinski definition) is 0. The zero-order chi connectivity index (χ0) is 17.8. The fraction of sp³-hybridized carbons (Fsp3) is 0.188. The highest BCUT2D eigenvalue weighted by molar-refractivity contribution is 9.10. The van der Waals surface area contributed by atoms with Crippen LogP contribution in [0.1, 0.15) is 23.3 Å². The predicted molar refractivity (Wildman–Crippen MR) is 97.4 cm³/mol. The molecule has 0 radical (unpaired) electrons. The van der Waals surface area contributed by atoms with Crippen LogP contribution in [0.4, 0.5) is 0 Å². The van der Waals surface area contributed by atoms with Crippen LogP contribution in [0.15, 0.2) is 49.5 Å². The predicted octanol–water partition coefficient (Wildman–Crippen LogP) is 4.85. The van der Waals surface area contributed by atoms with Gasteiger partial charge >= 0.3 is 0 Å². The molecule has 6 nitrogen and oxygen atoms in total. The molecule has 2 heterocycles. The lowest BCUT2D eigenvalue weighted by atomic mass is 10.3. The number of rotatable bonds is 7. The summed E-state index contributed by atoms with van der Waals surface area (Å²) in [6.45, 7) is 2.95. The molecule has 25 heavy (non-hydrogen) atoms. The minimum atomic E-state index is 0.253. The van der Waals surface area contributed by atoms with Crippen molar-refractivity contribution in [2.24, 2.45) is 0 Å². The third-order valence-electron chi connectivity index (χ3n) is 3.27. The zero-order valence-electron chi connectivity index (χ0n) is 13.1. The summed E-state index contributed by atoms with van der Waals surface area (Å²) in [6.07, 6.45) is 0.657. The summed E-state index contributed by atoms with van der Waals surface area (Å²) < 4.78 is 13.8. The Morgan fingerprint density at radius 2 is 2.12 bits per heavy atom. The standard InChI is InChI=1S/C16H13BrClN3O3S/c1-2-21-14(9-23-11-5-3-10(18)4-6-11)19-20-16(21)25-15-13(17)7-12(8-22)24-15/h3-8H,2,9H2,1H3. The van der Waals surface area contributed by atoms with Crippen LogP contribution in [0.2, 0.25) is 5.02 Å². The van der Waals surface area contributed by atoms with Gasteiger partial charge in [0.1, 0.15) is 12.4 Å². The molecule has 0 aliphatic carbocycles. The molecule has 0 aliphatic heterocycles. The third-order valence-corrected chi connectivity index (χ3v) is 5.34. The van der Waals surface area contributed by atoms with Gasteiger partial charge in [0, 0.05) is 17.6 Å². The lowest BCUT2D eigenvalue weighted by Gasteiger charge is -2.08. The zero-order valence-corrected chi connectivity index (χ0v) is 16.3. The Balaban J connectivity index is 1.74. The van der Waals surface area contributed by atoms with Gasteiger partial charge in [0.25, 0.3) is 0 Å². The highest BCUT2D eigenvalue weighted by Crippen LogP contribution is 2.35. The molecular formula is C16H13BrClN3O3S. The van der Waals surface area contributed by atoms with Crippen molar-refractivity contribution in [3.8, 4) is 5.75 Å². The van der Waals surface area contributed by atoms with Gasteiger partial charge in [-0.2, -0.15) is 0 Å². The largest absolute Gasteiger partial charge is 0.486 e. The molecule has 0 saturated heterocycles. The fourth-order valence-corrected chi connectivity index (χ4v) is 3.64. The van der Waals surface area contributed by atoms with Crippen LogP contribution in [0.3, 0.4) is 0 Å². The second-order valence-electron chi connectivity index (χ2n) is 4.89. The summed E-state index contributed by atoms with van der Waals surface area (Å²) in [4.78, 5) is 10.8. The van der Waals surface area contributed by atoms with Gasteiger partial charge in [0.15, 0.2) is 28.1 Å². The van der Waals surface area contributed by atoms with E-state index < -0.39 is 0 Å². The number of carbonyl (C=O) groups excluding carboxylic acids is 1. The van der Waals surface area contributed by atoms with Gasteiger partial charge in [0.2, 0.25) is 0 Å². The first-order valence-corrected chi connectivity index (χ1v) is 9.32. The van der Waals surface area contributed by atoms with Crippen LogP contribution in [0.5, 0.6) is 5.75 Å². The van der Waals surface area contributed by atoms with Crippen molar-refractivity contribution in [2.75, 3.05) is 0 Å². The molecule has 0 unspecified atom stereocenters. The van der Waals surface area contributed by atoms with Crippen molar-refractivity contribution in [3.63, 3.8) is 0 Å². The van der Waals surface area contributed by atoms with Crippen LogP contribution in [0, 0.1) is 0 Å². The minimum absolute atomic E-state index is 0.253. The molecule has 0 atom stereocenters. The number of carbonyl (C=O) groups is 1. The molecule has 0 saturated carbocycles. The van der Waals surface area contributed by atoms with Gasteiger partial charge in [-0.25, -0.2) is 0 Å². The van der Waals surface area contributed by atoms with E-state index >= 15 is 0 Å². The van der Waals surface area contributed by atoms with Crippen molar-refractivity contribution < 1.29 is 13.9 Å². The van der Waals surface area contributed by atoms with E-state index in [1.54, 1.807) is 30.3 Å². The Kier molecular flexibility index (Phi) is 5.82. The number of aromatic nitrogens is 3. The van der Waals surface area contributed by atoms with E-state index in [0.29, 0.717) is 44.1 Å². The molecule has 0 aliphatic rings. The minimum Gasteiger partial charge on any atom is -0.486 e. The number of ether oxygens (including phenoxy) is 1. The smallest absolute Gasteiger partial charge is 0.199 e. The van der Waals surface area contributed by atoms with Crippen molar-refractivity contribution >= 4 is 45.6 Å². The van der Waals surface area contributed by atoms with Gasteiger partial charge in [-0.3, -0.25) is 4.79 Å². The van der Waals surface area contributed by atoms with E-state index in [-0.39, 0.29) is 12.4 Å². The summed E-state index contributed by atoms with van der Waals surface area (Å²) in [5.74, 6) is 1.65. The van der Waals surface area contributed by atoms with Crippen LogP contribution in [-0.2, 0) is 13.2 Å². The van der Waals surface area contributed by atoms with Crippen LogP contribution in [-0.4, -0.2) is 21.1 Å². The van der Waals surface area contributed by atoms with Crippen molar-refractivity contribution in [3.05, 3.63) is 51.4 Å². The first-order chi connectivity index (χ1) is 12.1. The van der Waals surface area contributed by atoms with Crippen LogP contribution >= 0.6 is 39.3 Å². The lowest BCUT2D eigenvalue weighted by molar-refractivity contribution is 0.109. The second kappa shape index (κ2) is 8.07. The van der Waals surface area contributed by atoms with E-state index in [1.807, 2.05) is 11.5 Å². The molecule has 0 spiro atoms. The van der Waals surface area contributed by atoms with Crippen molar-refractivity contribution in [1.29, 1.82) is 0 Å². The van der Waals surface area contributed by atoms with Gasteiger partial charge in [0.05, 0.1) is 4.47 Å². The molecule has 0 fully saturated rings. The molecule has 0 N–H and O–H groups in total. The molecule has 0 bridgehead atoms. The van der Waals surface area contributed by atoms with Crippen molar-refractivity contribution in [1.82, 2.24) is 14.8 Å². The summed E-state index contributed by atoms with van der Waals surface area (Å²) in [5.41, 5.74) is 0. The van der Waals surface area contributed by atoms with E-state index in [1.165, 1.54) is 11.8 Å². The van der Waals surface area contributed by atoms with Crippen LogP contribution < -0.4 is 4.74 Å². The maximum atomic E-state index is 10.8. The first kappa shape index (κ1) is 18.0. The molecule has 9 heteroatoms. The maximum Gasteiger partial charge on any atom is 0.199 e. The Morgan fingerprint density at radius 3 is 2.76 bits per heavy atom. The molecule has 2 aromatic heterocycles. The summed E-state index contributed by atoms with van der Waals surface area (Å²) in [5, 5.41) is 10.2. The number of furan rings is 1. The van der Waals surface area contributed by atoms with Gasteiger partial charge in [-0.1, -0.05) is 11.6 Å². The molecule has 0 amide bonds. The van der Waals surface area contributed by atoms with E-state index in [4.69, 9.17) is 20.8 Å². The molecule has 3 aromatic rings.